The molecule has 47 heavy (non-hydrogen) atoms. The average molecular weight is 793 g/mol. The average Bonchev–Trinajstić information content (AvgIpc) is 3.52. The van der Waals surface area contributed by atoms with Gasteiger partial charge in [0.05, 0.1) is 23.6 Å². The molecule has 0 amide bonds. The number of aromatic nitrogens is 2. The molecule has 0 saturated heterocycles. The Balaban J connectivity index is 0.00000324. The number of aryl methyl sites for hydroxylation is 1. The van der Waals surface area contributed by atoms with Crippen LogP contribution < -0.4 is 19.1 Å². The minimum Gasteiger partial charge on any atom is -0.509 e. The van der Waals surface area contributed by atoms with Gasteiger partial charge in [-0.05, 0) is 61.9 Å². The predicted molar refractivity (Wildman–Crippen MR) is 186 cm³/mol. The molecular formula is C41H33N4OPt+. The molecule has 2 unspecified atom stereocenters. The summed E-state index contributed by atoms with van der Waals surface area (Å²) in [5, 5.41) is 2.33. The minimum atomic E-state index is 0. The van der Waals surface area contributed by atoms with Gasteiger partial charge in [-0.2, -0.15) is 12.1 Å². The number of hydrogen-bond acceptors (Lipinski definition) is 3. The van der Waals surface area contributed by atoms with E-state index in [1.807, 2.05) is 18.2 Å². The van der Waals surface area contributed by atoms with E-state index in [1.165, 1.54) is 27.8 Å². The number of anilines is 3. The third-order valence-corrected chi connectivity index (χ3v) is 9.45. The fourth-order valence-electron chi connectivity index (χ4n) is 7.68. The molecule has 6 aromatic rings. The number of ether oxygens (including phenoxy) is 1. The number of fused-ring (bicyclic) bond motifs is 12. The van der Waals surface area contributed by atoms with Crippen LogP contribution in [0, 0.1) is 25.0 Å². The number of pyridine rings is 1. The van der Waals surface area contributed by atoms with Crippen LogP contribution in [-0.4, -0.2) is 10.6 Å². The molecule has 6 heteroatoms. The van der Waals surface area contributed by atoms with Crippen molar-refractivity contribution in [1.82, 2.24) is 4.57 Å². The molecule has 9 rings (SSSR count). The van der Waals surface area contributed by atoms with Crippen molar-refractivity contribution in [1.29, 1.82) is 0 Å². The van der Waals surface area contributed by atoms with Gasteiger partial charge in [0.25, 0.3) is 5.82 Å². The smallest absolute Gasteiger partial charge is 0.509 e. The molecular weight excluding hydrogens is 760 g/mol. The molecule has 0 N–H and O–H groups in total. The molecule has 2 atom stereocenters. The number of hydrogen-bond donors (Lipinski definition) is 0. The number of rotatable bonds is 1. The van der Waals surface area contributed by atoms with Crippen LogP contribution in [0.3, 0.4) is 0 Å². The summed E-state index contributed by atoms with van der Waals surface area (Å²) in [7, 11) is 0. The van der Waals surface area contributed by atoms with Crippen LogP contribution in [0.1, 0.15) is 26.3 Å². The monoisotopic (exact) mass is 792 g/mol. The summed E-state index contributed by atoms with van der Waals surface area (Å²) < 4.78 is 11.1. The Morgan fingerprint density at radius 1 is 0.787 bits per heavy atom. The molecule has 4 aromatic carbocycles. The third kappa shape index (κ3) is 4.59. The van der Waals surface area contributed by atoms with Gasteiger partial charge in [0, 0.05) is 23.1 Å². The van der Waals surface area contributed by atoms with Gasteiger partial charge in [0.2, 0.25) is 0 Å². The van der Waals surface area contributed by atoms with Gasteiger partial charge in [-0.25, -0.2) is 9.13 Å². The maximum Gasteiger partial charge on any atom is 2.00 e. The first kappa shape index (κ1) is 29.5. The van der Waals surface area contributed by atoms with Crippen LogP contribution in [-0.2, 0) is 21.1 Å². The van der Waals surface area contributed by atoms with E-state index in [0.29, 0.717) is 17.4 Å². The zero-order chi connectivity index (χ0) is 31.1. The second kappa shape index (κ2) is 11.1. The standard InChI is InChI=1S/C41H33N4O.Pt/c1-26-15-18-35-34(22-26)33-17-16-32-24-38(33)44(35)39-14-7-8-19-42(39)25-40-43(30-10-9-11-31(23-30)46-32)36-12-5-6-13-37(36)45(40)41-28(3)20-27(2)21-29(41)4;/h5-22,25,28,41H,1-4H3;/q-1;+2. The van der Waals surface area contributed by atoms with E-state index < -0.39 is 0 Å². The number of allylic oxidation sites excluding steroid dienone is 2. The molecule has 2 aromatic heterocycles. The van der Waals surface area contributed by atoms with E-state index in [2.05, 4.69) is 156 Å². The second-order valence-corrected chi connectivity index (χ2v) is 12.7. The van der Waals surface area contributed by atoms with Gasteiger partial charge < -0.3 is 14.5 Å². The van der Waals surface area contributed by atoms with Crippen LogP contribution in [0.2, 0.25) is 0 Å². The summed E-state index contributed by atoms with van der Waals surface area (Å²) in [5.74, 6) is 3.65. The van der Waals surface area contributed by atoms with Crippen molar-refractivity contribution in [3.05, 3.63) is 144 Å². The van der Waals surface area contributed by atoms with Crippen LogP contribution in [0.4, 0.5) is 17.1 Å². The molecule has 1 aliphatic carbocycles. The third-order valence-electron chi connectivity index (χ3n) is 9.45. The molecule has 0 spiro atoms. The molecule has 4 bridgehead atoms. The van der Waals surface area contributed by atoms with E-state index in [0.717, 1.165) is 39.4 Å². The van der Waals surface area contributed by atoms with Crippen molar-refractivity contribution in [3.63, 3.8) is 0 Å². The Bertz CT molecular complexity index is 2330. The number of benzene rings is 4. The first-order valence-corrected chi connectivity index (χ1v) is 15.9. The van der Waals surface area contributed by atoms with Gasteiger partial charge >= 0.3 is 21.1 Å². The minimum absolute atomic E-state index is 0. The van der Waals surface area contributed by atoms with Gasteiger partial charge in [-0.3, -0.25) is 0 Å². The van der Waals surface area contributed by atoms with E-state index in [4.69, 9.17) is 4.74 Å². The van der Waals surface area contributed by atoms with Crippen LogP contribution in [0.5, 0.6) is 11.5 Å². The summed E-state index contributed by atoms with van der Waals surface area (Å²) in [4.78, 5) is 4.83. The first-order chi connectivity index (χ1) is 22.4. The Morgan fingerprint density at radius 3 is 2.45 bits per heavy atom. The molecule has 3 aliphatic rings. The van der Waals surface area contributed by atoms with Gasteiger partial charge in [0.1, 0.15) is 11.7 Å². The first-order valence-electron chi connectivity index (χ1n) is 15.9. The predicted octanol–water partition coefficient (Wildman–Crippen LogP) is 9.41. The van der Waals surface area contributed by atoms with E-state index in [9.17, 15) is 0 Å². The summed E-state index contributed by atoms with van der Waals surface area (Å²) in [6, 6.07) is 39.4. The molecule has 0 fully saturated rings. The summed E-state index contributed by atoms with van der Waals surface area (Å²) in [6.07, 6.45) is 9.13. The summed E-state index contributed by atoms with van der Waals surface area (Å²) in [5.41, 5.74) is 9.15. The van der Waals surface area contributed by atoms with Crippen molar-refractivity contribution in [3.8, 4) is 17.3 Å². The van der Waals surface area contributed by atoms with Crippen LogP contribution in [0.15, 0.2) is 126 Å². The number of para-hydroxylation sites is 2. The van der Waals surface area contributed by atoms with Crippen LogP contribution in [0.25, 0.3) is 33.8 Å². The Hall–Kier alpha value is -4.86. The van der Waals surface area contributed by atoms with Crippen molar-refractivity contribution >= 4 is 45.1 Å². The van der Waals surface area contributed by atoms with E-state index in [-0.39, 0.29) is 27.1 Å². The molecule has 0 radical (unpaired) electrons. The van der Waals surface area contributed by atoms with Gasteiger partial charge in [-0.15, -0.1) is 24.3 Å². The maximum absolute atomic E-state index is 6.52. The van der Waals surface area contributed by atoms with Crippen molar-refractivity contribution in [2.75, 3.05) is 9.80 Å². The Morgan fingerprint density at radius 2 is 1.60 bits per heavy atom. The molecule has 2 aliphatic heterocycles. The topological polar surface area (TPSA) is 24.5 Å². The van der Waals surface area contributed by atoms with Gasteiger partial charge in [0.15, 0.2) is 5.82 Å². The SMILES string of the molecule is CC1=CC(C)C(N2C3=C[n+]4ccccc4-n4c5[c-]c(ccc5c5cc(C)ccc54)Oc4[c-]c(ccc4)N3c3ccccc32)C(C)=C1.[Pt+2]. The normalized spacial score (nSPS) is 18.1. The molecule has 232 valence electrons. The largest absolute Gasteiger partial charge is 2.00 e. The zero-order valence-electron chi connectivity index (χ0n) is 26.6. The number of nitrogens with zero attached hydrogens (tertiary/aromatic N) is 4. The zero-order valence-corrected chi connectivity index (χ0v) is 28.9. The fraction of sp³-hybridized carbons (Fsp3) is 0.146. The fourth-order valence-corrected chi connectivity index (χ4v) is 7.68. The van der Waals surface area contributed by atoms with E-state index in [1.54, 1.807) is 0 Å². The quantitative estimate of drug-likeness (QED) is 0.123. The summed E-state index contributed by atoms with van der Waals surface area (Å²) in [6.45, 7) is 8.93. The van der Waals surface area contributed by atoms with Crippen LogP contribution >= 0.6 is 0 Å². The van der Waals surface area contributed by atoms with Gasteiger partial charge in [-0.1, -0.05) is 77.7 Å². The Labute approximate surface area is 289 Å². The van der Waals surface area contributed by atoms with E-state index >= 15 is 0 Å². The molecule has 5 nitrogen and oxygen atoms in total. The van der Waals surface area contributed by atoms with Crippen molar-refractivity contribution in [2.24, 2.45) is 5.92 Å². The van der Waals surface area contributed by atoms with Crippen molar-refractivity contribution in [2.45, 2.75) is 33.7 Å². The summed E-state index contributed by atoms with van der Waals surface area (Å²) >= 11 is 0. The van der Waals surface area contributed by atoms with Crippen molar-refractivity contribution < 1.29 is 30.4 Å². The molecule has 0 saturated carbocycles. The Kier molecular flexibility index (Phi) is 7.00. The maximum atomic E-state index is 6.52. The molecule has 4 heterocycles. The second-order valence-electron chi connectivity index (χ2n) is 12.7.